The van der Waals surface area contributed by atoms with Gasteiger partial charge >= 0.3 is 0 Å². The Labute approximate surface area is 157 Å². The summed E-state index contributed by atoms with van der Waals surface area (Å²) in [5, 5.41) is 11.1. The fourth-order valence-corrected chi connectivity index (χ4v) is 3.23. The summed E-state index contributed by atoms with van der Waals surface area (Å²) in [6.45, 7) is 5.81. The lowest BCUT2D eigenvalue weighted by Crippen LogP contribution is -2.45. The Kier molecular flexibility index (Phi) is 4.96. The molecular formula is C21H18ClNO3. The molecule has 0 aromatic heterocycles. The Balaban J connectivity index is 2.24. The van der Waals surface area contributed by atoms with Gasteiger partial charge in [0.15, 0.2) is 5.76 Å². The minimum absolute atomic E-state index is 0.181. The lowest BCUT2D eigenvalue weighted by molar-refractivity contribution is -0.145. The van der Waals surface area contributed by atoms with Gasteiger partial charge in [-0.1, -0.05) is 59.6 Å². The normalized spacial score (nSPS) is 17.6. The predicted octanol–water partition coefficient (Wildman–Crippen LogP) is 4.26. The Morgan fingerprint density at radius 1 is 1.12 bits per heavy atom. The quantitative estimate of drug-likeness (QED) is 0.649. The Morgan fingerprint density at radius 3 is 2.31 bits per heavy atom. The SMILES string of the molecule is C=CCN1C(=O)C(=O)C(O)=C(c2ccc(C)cc2)[C@H]1c1ccc(Cl)cc1. The van der Waals surface area contributed by atoms with Crippen molar-refractivity contribution in [1.82, 2.24) is 4.90 Å². The van der Waals surface area contributed by atoms with Crippen molar-refractivity contribution in [3.63, 3.8) is 0 Å². The summed E-state index contributed by atoms with van der Waals surface area (Å²) in [7, 11) is 0. The molecule has 0 aliphatic carbocycles. The first kappa shape index (κ1) is 18.0. The predicted molar refractivity (Wildman–Crippen MR) is 102 cm³/mol. The maximum absolute atomic E-state index is 12.5. The molecule has 1 aliphatic heterocycles. The van der Waals surface area contributed by atoms with Crippen molar-refractivity contribution in [3.8, 4) is 0 Å². The van der Waals surface area contributed by atoms with Gasteiger partial charge in [0.25, 0.3) is 11.7 Å². The van der Waals surface area contributed by atoms with Crippen LogP contribution in [0.25, 0.3) is 5.57 Å². The van der Waals surface area contributed by atoms with Crippen LogP contribution in [0, 0.1) is 6.92 Å². The third-order valence-corrected chi connectivity index (χ3v) is 4.64. The van der Waals surface area contributed by atoms with Gasteiger partial charge in [0.1, 0.15) is 0 Å². The number of hydrogen-bond acceptors (Lipinski definition) is 3. The zero-order valence-electron chi connectivity index (χ0n) is 14.3. The van der Waals surface area contributed by atoms with Crippen LogP contribution < -0.4 is 0 Å². The maximum Gasteiger partial charge on any atom is 0.299 e. The van der Waals surface area contributed by atoms with Gasteiger partial charge in [-0.05, 0) is 30.2 Å². The van der Waals surface area contributed by atoms with Crippen molar-refractivity contribution in [2.45, 2.75) is 13.0 Å². The van der Waals surface area contributed by atoms with Gasteiger partial charge in [-0.25, -0.2) is 0 Å². The van der Waals surface area contributed by atoms with Crippen molar-refractivity contribution in [2.24, 2.45) is 0 Å². The van der Waals surface area contributed by atoms with Crippen LogP contribution in [-0.2, 0) is 9.59 Å². The van der Waals surface area contributed by atoms with E-state index in [1.165, 1.54) is 4.90 Å². The number of aryl methyl sites for hydroxylation is 1. The lowest BCUT2D eigenvalue weighted by Gasteiger charge is -2.36. The van der Waals surface area contributed by atoms with E-state index in [1.807, 2.05) is 31.2 Å². The summed E-state index contributed by atoms with van der Waals surface area (Å²) >= 11 is 5.99. The molecule has 1 aliphatic rings. The Morgan fingerprint density at radius 2 is 1.73 bits per heavy atom. The molecule has 3 rings (SSSR count). The monoisotopic (exact) mass is 367 g/mol. The van der Waals surface area contributed by atoms with E-state index in [0.29, 0.717) is 16.2 Å². The second-order valence-electron chi connectivity index (χ2n) is 6.16. The first-order chi connectivity index (χ1) is 12.4. The molecule has 0 saturated heterocycles. The number of hydrogen-bond donors (Lipinski definition) is 1. The molecule has 5 heteroatoms. The summed E-state index contributed by atoms with van der Waals surface area (Å²) in [5.74, 6) is -2.18. The summed E-state index contributed by atoms with van der Waals surface area (Å²) in [6.07, 6.45) is 1.56. The number of ketones is 1. The summed E-state index contributed by atoms with van der Waals surface area (Å²) < 4.78 is 0. The van der Waals surface area contributed by atoms with Crippen LogP contribution in [-0.4, -0.2) is 28.2 Å². The number of carbonyl (C=O) groups is 2. The highest BCUT2D eigenvalue weighted by molar-refractivity contribution is 6.44. The maximum atomic E-state index is 12.5. The molecule has 2 aromatic rings. The average Bonchev–Trinajstić information content (AvgIpc) is 2.64. The molecule has 0 saturated carbocycles. The molecule has 132 valence electrons. The molecule has 1 N–H and O–H groups in total. The number of amides is 1. The van der Waals surface area contributed by atoms with Crippen molar-refractivity contribution in [3.05, 3.63) is 88.7 Å². The van der Waals surface area contributed by atoms with Crippen molar-refractivity contribution in [1.29, 1.82) is 0 Å². The largest absolute Gasteiger partial charge is 0.504 e. The van der Waals surface area contributed by atoms with E-state index in [-0.39, 0.29) is 6.54 Å². The highest BCUT2D eigenvalue weighted by atomic mass is 35.5. The van der Waals surface area contributed by atoms with Gasteiger partial charge in [-0.2, -0.15) is 0 Å². The van der Waals surface area contributed by atoms with Crippen LogP contribution in [0.3, 0.4) is 0 Å². The third-order valence-electron chi connectivity index (χ3n) is 4.38. The van der Waals surface area contributed by atoms with Crippen LogP contribution in [0.4, 0.5) is 0 Å². The molecule has 0 unspecified atom stereocenters. The van der Waals surface area contributed by atoms with Crippen LogP contribution in [0.5, 0.6) is 0 Å². The van der Waals surface area contributed by atoms with Crippen molar-refractivity contribution >= 4 is 28.9 Å². The minimum atomic E-state index is -0.910. The van der Waals surface area contributed by atoms with Crippen LogP contribution in [0.15, 0.2) is 66.9 Å². The van der Waals surface area contributed by atoms with Gasteiger partial charge in [-0.3, -0.25) is 9.59 Å². The average molecular weight is 368 g/mol. The Hall–Kier alpha value is -2.85. The fraction of sp³-hybridized carbons (Fsp3) is 0.143. The lowest BCUT2D eigenvalue weighted by atomic mass is 9.86. The van der Waals surface area contributed by atoms with Crippen molar-refractivity contribution in [2.75, 3.05) is 6.54 Å². The zero-order valence-corrected chi connectivity index (χ0v) is 15.0. The molecule has 26 heavy (non-hydrogen) atoms. The third kappa shape index (κ3) is 3.16. The van der Waals surface area contributed by atoms with Crippen LogP contribution >= 0.6 is 11.6 Å². The molecule has 2 aromatic carbocycles. The number of halogens is 1. The highest BCUT2D eigenvalue weighted by Crippen LogP contribution is 2.40. The molecule has 1 atom stereocenters. The zero-order chi connectivity index (χ0) is 18.8. The molecular weight excluding hydrogens is 350 g/mol. The van der Waals surface area contributed by atoms with Crippen LogP contribution in [0.1, 0.15) is 22.7 Å². The summed E-state index contributed by atoms with van der Waals surface area (Å²) in [4.78, 5) is 26.3. The second kappa shape index (κ2) is 7.18. The van der Waals surface area contributed by atoms with E-state index in [9.17, 15) is 14.7 Å². The second-order valence-corrected chi connectivity index (χ2v) is 6.59. The van der Waals surface area contributed by atoms with E-state index in [2.05, 4.69) is 6.58 Å². The smallest absolute Gasteiger partial charge is 0.299 e. The van der Waals surface area contributed by atoms with Gasteiger partial charge in [0, 0.05) is 17.1 Å². The van der Waals surface area contributed by atoms with E-state index < -0.39 is 23.5 Å². The van der Waals surface area contributed by atoms with Crippen LogP contribution in [0.2, 0.25) is 5.02 Å². The number of carbonyl (C=O) groups excluding carboxylic acids is 2. The molecule has 1 heterocycles. The minimum Gasteiger partial charge on any atom is -0.504 e. The Bertz CT molecular complexity index is 898. The van der Waals surface area contributed by atoms with Crippen molar-refractivity contribution < 1.29 is 14.7 Å². The van der Waals surface area contributed by atoms with Gasteiger partial charge in [0.2, 0.25) is 0 Å². The number of Topliss-reactive ketones (excluding diaryl/α,β-unsaturated/α-hetero) is 1. The standard InChI is InChI=1S/C21H18ClNO3/c1-3-12-23-18(15-8-10-16(22)11-9-15)17(19(24)20(25)21(23)26)14-6-4-13(2)5-7-14/h3-11,18,24H,1,12H2,2H3/t18-/m1/s1. The molecule has 0 fully saturated rings. The number of rotatable bonds is 4. The number of nitrogens with zero attached hydrogens (tertiary/aromatic N) is 1. The first-order valence-electron chi connectivity index (χ1n) is 8.16. The van der Waals surface area contributed by atoms with E-state index in [4.69, 9.17) is 11.6 Å². The molecule has 1 amide bonds. The highest BCUT2D eigenvalue weighted by Gasteiger charge is 2.41. The van der Waals surface area contributed by atoms with E-state index in [1.54, 1.807) is 30.3 Å². The molecule has 0 spiro atoms. The molecule has 0 radical (unpaired) electrons. The number of benzene rings is 2. The molecule has 4 nitrogen and oxygen atoms in total. The fourth-order valence-electron chi connectivity index (χ4n) is 3.10. The summed E-state index contributed by atoms with van der Waals surface area (Å²) in [5.41, 5.74) is 2.89. The summed E-state index contributed by atoms with van der Waals surface area (Å²) in [6, 6.07) is 13.8. The van der Waals surface area contributed by atoms with Gasteiger partial charge in [-0.15, -0.1) is 6.58 Å². The van der Waals surface area contributed by atoms with E-state index >= 15 is 0 Å². The van der Waals surface area contributed by atoms with Gasteiger partial charge < -0.3 is 10.0 Å². The number of aliphatic hydroxyl groups is 1. The van der Waals surface area contributed by atoms with Gasteiger partial charge in [0.05, 0.1) is 6.04 Å². The van der Waals surface area contributed by atoms with E-state index in [0.717, 1.165) is 11.1 Å². The number of aliphatic hydroxyl groups excluding tert-OH is 1. The topological polar surface area (TPSA) is 57.6 Å². The first-order valence-corrected chi connectivity index (χ1v) is 8.53. The molecule has 0 bridgehead atoms.